The summed E-state index contributed by atoms with van der Waals surface area (Å²) in [6.07, 6.45) is 0.360. The number of aromatic nitrogens is 2. The van der Waals surface area contributed by atoms with Crippen LogP contribution in [0, 0.1) is 13.8 Å². The van der Waals surface area contributed by atoms with E-state index >= 15 is 0 Å². The molecule has 0 fully saturated rings. The zero-order valence-electron chi connectivity index (χ0n) is 14.3. The molecule has 1 aromatic carbocycles. The van der Waals surface area contributed by atoms with Crippen molar-refractivity contribution in [2.75, 3.05) is 12.4 Å². The van der Waals surface area contributed by atoms with E-state index in [0.717, 1.165) is 17.1 Å². The van der Waals surface area contributed by atoms with Crippen molar-refractivity contribution in [2.24, 2.45) is 0 Å². The second-order valence-electron chi connectivity index (χ2n) is 5.23. The Morgan fingerprint density at radius 3 is 2.54 bits per heavy atom. The van der Waals surface area contributed by atoms with Crippen LogP contribution >= 0.6 is 0 Å². The first-order chi connectivity index (χ1) is 11.5. The highest BCUT2D eigenvalue weighted by atomic mass is 16.5. The summed E-state index contributed by atoms with van der Waals surface area (Å²) >= 11 is 0. The van der Waals surface area contributed by atoms with Crippen molar-refractivity contribution in [1.82, 2.24) is 15.3 Å². The van der Waals surface area contributed by atoms with E-state index < -0.39 is 0 Å². The number of rotatable bonds is 4. The third-order valence-electron chi connectivity index (χ3n) is 3.14. The van der Waals surface area contributed by atoms with E-state index in [-0.39, 0.29) is 5.91 Å². The fraction of sp³-hybridized carbons (Fsp3) is 0.294. The first-order valence-electron chi connectivity index (χ1n) is 7.67. The lowest BCUT2D eigenvalue weighted by atomic mass is 10.3. The largest absolute Gasteiger partial charge is 0.497 e. The average molecular weight is 328 g/mol. The molecule has 0 aliphatic carbocycles. The first kappa shape index (κ1) is 17.4. The maximum atomic E-state index is 11.8. The summed E-state index contributed by atoms with van der Waals surface area (Å²) in [4.78, 5) is 23.5. The number of hydrogen-bond acceptors (Lipinski definition) is 4. The number of guanidine groups is 1. The van der Waals surface area contributed by atoms with Crippen molar-refractivity contribution in [3.63, 3.8) is 0 Å². The molecule has 2 rings (SSSR count). The third-order valence-corrected chi connectivity index (χ3v) is 3.14. The second-order valence-corrected chi connectivity index (χ2v) is 5.23. The van der Waals surface area contributed by atoms with E-state index in [4.69, 9.17) is 4.74 Å². The Kier molecular flexibility index (Phi) is 5.83. The minimum atomic E-state index is -0.128. The molecule has 0 unspecified atom stereocenters. The lowest BCUT2D eigenvalue weighted by Gasteiger charge is -2.08. The van der Waals surface area contributed by atoms with Crippen LogP contribution in [0.15, 0.2) is 30.3 Å². The van der Waals surface area contributed by atoms with Crippen molar-refractivity contribution in [2.45, 2.75) is 27.2 Å². The predicted molar refractivity (Wildman–Crippen MR) is 92.2 cm³/mol. The van der Waals surface area contributed by atoms with E-state index in [9.17, 15) is 4.79 Å². The lowest BCUT2D eigenvalue weighted by Crippen LogP contribution is -2.74. The first-order valence-corrected chi connectivity index (χ1v) is 7.67. The molecular weight excluding hydrogens is 306 g/mol. The summed E-state index contributed by atoms with van der Waals surface area (Å²) in [5.74, 6) is 1.38. The van der Waals surface area contributed by atoms with E-state index in [2.05, 4.69) is 25.6 Å². The number of carbonyl (C=O) groups is 1. The van der Waals surface area contributed by atoms with E-state index in [0.29, 0.717) is 24.1 Å². The molecule has 0 bridgehead atoms. The Balaban J connectivity index is 2.32. The number of carbonyl (C=O) groups excluding carboxylic acids is 1. The van der Waals surface area contributed by atoms with Crippen molar-refractivity contribution < 1.29 is 14.5 Å². The summed E-state index contributed by atoms with van der Waals surface area (Å²) in [6, 6.07) is 9.27. The van der Waals surface area contributed by atoms with Crippen LogP contribution in [-0.4, -0.2) is 28.9 Å². The van der Waals surface area contributed by atoms with Gasteiger partial charge in [-0.2, -0.15) is 0 Å². The Morgan fingerprint density at radius 2 is 1.92 bits per heavy atom. The van der Waals surface area contributed by atoms with Gasteiger partial charge in [0.2, 0.25) is 0 Å². The van der Waals surface area contributed by atoms with Crippen molar-refractivity contribution >= 4 is 23.5 Å². The van der Waals surface area contributed by atoms with Gasteiger partial charge in [-0.25, -0.2) is 10.3 Å². The molecule has 1 aromatic heterocycles. The summed E-state index contributed by atoms with van der Waals surface area (Å²) in [5.41, 5.74) is 2.44. The molecule has 1 heterocycles. The Labute approximate surface area is 141 Å². The normalized spacial score (nSPS) is 11.1. The number of nitrogens with zero attached hydrogens (tertiary/aromatic N) is 2. The number of amides is 1. The van der Waals surface area contributed by atoms with Crippen molar-refractivity contribution in [3.8, 4) is 5.75 Å². The number of nitrogens with one attached hydrogen (secondary N) is 3. The SMILES string of the molecule is CCC(=O)NC(Nc1cccc(OC)c1)=[NH+]c1nc(C)cc(C)n1. The summed E-state index contributed by atoms with van der Waals surface area (Å²) < 4.78 is 5.21. The van der Waals surface area contributed by atoms with Gasteiger partial charge in [0.15, 0.2) is 0 Å². The number of anilines is 1. The highest BCUT2D eigenvalue weighted by Gasteiger charge is 2.12. The second kappa shape index (κ2) is 8.05. The van der Waals surface area contributed by atoms with Gasteiger partial charge in [0.25, 0.3) is 11.9 Å². The molecule has 0 spiro atoms. The molecule has 0 saturated heterocycles. The van der Waals surface area contributed by atoms with Crippen molar-refractivity contribution in [1.29, 1.82) is 0 Å². The lowest BCUT2D eigenvalue weighted by molar-refractivity contribution is -0.366. The quantitative estimate of drug-likeness (QED) is 0.571. The van der Waals surface area contributed by atoms with Gasteiger partial charge in [-0.3, -0.25) is 10.1 Å². The maximum absolute atomic E-state index is 11.8. The van der Waals surface area contributed by atoms with Crippen LogP contribution in [-0.2, 0) is 4.79 Å². The van der Waals surface area contributed by atoms with Crippen LogP contribution in [0.2, 0.25) is 0 Å². The van der Waals surface area contributed by atoms with Gasteiger partial charge in [-0.05, 0) is 26.0 Å². The zero-order valence-corrected chi connectivity index (χ0v) is 14.3. The van der Waals surface area contributed by atoms with Crippen molar-refractivity contribution in [3.05, 3.63) is 41.7 Å². The van der Waals surface area contributed by atoms with Gasteiger partial charge in [0.1, 0.15) is 5.75 Å². The summed E-state index contributed by atoms with van der Waals surface area (Å²) in [5, 5.41) is 5.89. The van der Waals surface area contributed by atoms with Gasteiger partial charge in [-0.1, -0.05) is 13.0 Å². The van der Waals surface area contributed by atoms with Crippen LogP contribution < -0.4 is 20.4 Å². The molecule has 126 valence electrons. The summed E-state index contributed by atoms with van der Waals surface area (Å²) in [7, 11) is 1.60. The smallest absolute Gasteiger partial charge is 0.354 e. The number of methoxy groups -OCH3 is 1. The molecule has 7 heteroatoms. The van der Waals surface area contributed by atoms with Crippen LogP contribution in [0.25, 0.3) is 0 Å². The molecular formula is C17H22N5O2+. The summed E-state index contributed by atoms with van der Waals surface area (Å²) in [6.45, 7) is 5.56. The maximum Gasteiger partial charge on any atom is 0.354 e. The predicted octanol–water partition coefficient (Wildman–Crippen LogP) is 0.808. The minimum Gasteiger partial charge on any atom is -0.497 e. The fourth-order valence-electron chi connectivity index (χ4n) is 2.06. The van der Waals surface area contributed by atoms with Crippen LogP contribution in [0.4, 0.5) is 11.6 Å². The van der Waals surface area contributed by atoms with Gasteiger partial charge in [0, 0.05) is 18.6 Å². The Morgan fingerprint density at radius 1 is 1.21 bits per heavy atom. The standard InChI is InChI=1S/C17H21N5O2/c1-5-15(23)21-17(20-13-7-6-8-14(10-13)24-4)22-16-18-11(2)9-12(3)19-16/h6-10H,5H2,1-4H3,(H2,18,19,20,21,22,23)/p+1. The van der Waals surface area contributed by atoms with E-state index in [1.165, 1.54) is 0 Å². The fourth-order valence-corrected chi connectivity index (χ4v) is 2.06. The molecule has 0 radical (unpaired) electrons. The molecule has 2 aromatic rings. The number of hydrogen-bond donors (Lipinski definition) is 3. The Bertz CT molecular complexity index is 738. The number of ether oxygens (including phenoxy) is 1. The minimum absolute atomic E-state index is 0.128. The average Bonchev–Trinajstić information content (AvgIpc) is 2.53. The van der Waals surface area contributed by atoms with Gasteiger partial charge in [0.05, 0.1) is 24.2 Å². The highest BCUT2D eigenvalue weighted by Crippen LogP contribution is 2.16. The molecule has 0 aliphatic heterocycles. The topological polar surface area (TPSA) is 90.1 Å². The molecule has 0 atom stereocenters. The molecule has 3 N–H and O–H groups in total. The molecule has 1 amide bonds. The zero-order chi connectivity index (χ0) is 17.5. The van der Waals surface area contributed by atoms with Crippen LogP contribution in [0.3, 0.4) is 0 Å². The monoisotopic (exact) mass is 328 g/mol. The Hall–Kier alpha value is -2.96. The van der Waals surface area contributed by atoms with Gasteiger partial charge < -0.3 is 4.74 Å². The number of aryl methyl sites for hydroxylation is 2. The molecule has 24 heavy (non-hydrogen) atoms. The highest BCUT2D eigenvalue weighted by molar-refractivity contribution is 6.01. The molecule has 0 saturated carbocycles. The molecule has 7 nitrogen and oxygen atoms in total. The van der Waals surface area contributed by atoms with Gasteiger partial charge in [-0.15, -0.1) is 9.97 Å². The van der Waals surface area contributed by atoms with E-state index in [1.54, 1.807) is 14.0 Å². The van der Waals surface area contributed by atoms with Crippen LogP contribution in [0.1, 0.15) is 24.7 Å². The third kappa shape index (κ3) is 5.05. The van der Waals surface area contributed by atoms with E-state index in [1.807, 2.05) is 44.2 Å². The number of benzene rings is 1. The molecule has 0 aliphatic rings. The van der Waals surface area contributed by atoms with Gasteiger partial charge >= 0.3 is 5.95 Å². The van der Waals surface area contributed by atoms with Crippen LogP contribution in [0.5, 0.6) is 5.75 Å².